The second kappa shape index (κ2) is 10.5. The topological polar surface area (TPSA) is 79.3 Å². The summed E-state index contributed by atoms with van der Waals surface area (Å²) < 4.78 is 15.2. The van der Waals surface area contributed by atoms with Gasteiger partial charge in [0, 0.05) is 24.9 Å². The molecule has 3 aromatic rings. The number of benzene rings is 2. The fourth-order valence-corrected chi connectivity index (χ4v) is 4.36. The van der Waals surface area contributed by atoms with Gasteiger partial charge in [0.2, 0.25) is 11.8 Å². The van der Waals surface area contributed by atoms with E-state index < -0.39 is 5.82 Å². The van der Waals surface area contributed by atoms with Crippen LogP contribution in [0.15, 0.2) is 48.5 Å². The molecule has 0 bridgehead atoms. The van der Waals surface area contributed by atoms with Crippen LogP contribution in [0, 0.1) is 24.6 Å². The van der Waals surface area contributed by atoms with Crippen molar-refractivity contribution in [1.82, 2.24) is 9.78 Å². The predicted molar refractivity (Wildman–Crippen MR) is 137 cm³/mol. The first-order chi connectivity index (χ1) is 16.7. The van der Waals surface area contributed by atoms with Gasteiger partial charge < -0.3 is 15.5 Å². The number of anilines is 3. The normalized spacial score (nSPS) is 14.3. The van der Waals surface area contributed by atoms with Crippen molar-refractivity contribution in [3.8, 4) is 5.69 Å². The van der Waals surface area contributed by atoms with Gasteiger partial charge in [0.25, 0.3) is 0 Å². The highest BCUT2D eigenvalue weighted by molar-refractivity contribution is 6.33. The third-order valence-electron chi connectivity index (χ3n) is 6.16. The fraction of sp³-hybridized carbons (Fsp3) is 0.346. The Labute approximate surface area is 209 Å². The average Bonchev–Trinajstić information content (AvgIpc) is 3.17. The molecule has 1 saturated heterocycles. The smallest absolute Gasteiger partial charge is 0.227 e. The van der Waals surface area contributed by atoms with E-state index in [2.05, 4.69) is 15.5 Å². The van der Waals surface area contributed by atoms with Crippen molar-refractivity contribution < 1.29 is 14.0 Å². The summed E-state index contributed by atoms with van der Waals surface area (Å²) in [7, 11) is 0. The number of hydrogen-bond donors (Lipinski definition) is 2. The number of rotatable bonds is 6. The number of para-hydroxylation sites is 1. The molecule has 7 nitrogen and oxygen atoms in total. The van der Waals surface area contributed by atoms with Crippen LogP contribution >= 0.6 is 11.6 Å². The Bertz CT molecular complexity index is 1220. The Hall–Kier alpha value is -3.39. The van der Waals surface area contributed by atoms with Crippen molar-refractivity contribution in [2.45, 2.75) is 33.6 Å². The quantitative estimate of drug-likeness (QED) is 0.476. The van der Waals surface area contributed by atoms with E-state index in [-0.39, 0.29) is 28.7 Å². The number of amides is 2. The van der Waals surface area contributed by atoms with Crippen LogP contribution in [-0.2, 0) is 9.59 Å². The maximum atomic E-state index is 13.3. The molecule has 1 aliphatic rings. The second-order valence-corrected chi connectivity index (χ2v) is 9.46. The van der Waals surface area contributed by atoms with Gasteiger partial charge in [-0.2, -0.15) is 5.10 Å². The highest BCUT2D eigenvalue weighted by atomic mass is 35.5. The summed E-state index contributed by atoms with van der Waals surface area (Å²) in [5.41, 5.74) is 2.70. The largest absolute Gasteiger partial charge is 0.355 e. The zero-order chi connectivity index (χ0) is 25.1. The lowest BCUT2D eigenvalue weighted by Gasteiger charge is -2.33. The van der Waals surface area contributed by atoms with Gasteiger partial charge in [-0.25, -0.2) is 9.07 Å². The number of aryl methyl sites for hydroxylation is 1. The molecular formula is C26H29ClFN5O2. The number of carbonyl (C=O) groups excluding carboxylic acids is 2. The van der Waals surface area contributed by atoms with Crippen molar-refractivity contribution in [2.75, 3.05) is 28.6 Å². The van der Waals surface area contributed by atoms with E-state index in [0.717, 1.165) is 17.2 Å². The van der Waals surface area contributed by atoms with Crippen LogP contribution in [0.4, 0.5) is 21.6 Å². The minimum Gasteiger partial charge on any atom is -0.355 e. The highest BCUT2D eigenvalue weighted by Gasteiger charge is 2.30. The molecule has 1 aliphatic heterocycles. The molecule has 2 aromatic carbocycles. The van der Waals surface area contributed by atoms with Gasteiger partial charge in [0.05, 0.1) is 22.1 Å². The molecule has 2 heterocycles. The van der Waals surface area contributed by atoms with Gasteiger partial charge in [0.15, 0.2) is 5.82 Å². The van der Waals surface area contributed by atoms with Crippen LogP contribution in [0.3, 0.4) is 0 Å². The first kappa shape index (κ1) is 24.7. The summed E-state index contributed by atoms with van der Waals surface area (Å²) in [6, 6.07) is 13.7. The van der Waals surface area contributed by atoms with Crippen LogP contribution in [0.5, 0.6) is 0 Å². The lowest BCUT2D eigenvalue weighted by atomic mass is 9.95. The van der Waals surface area contributed by atoms with Crippen molar-refractivity contribution in [3.63, 3.8) is 0 Å². The zero-order valence-corrected chi connectivity index (χ0v) is 20.8. The van der Waals surface area contributed by atoms with Crippen molar-refractivity contribution >= 4 is 40.6 Å². The van der Waals surface area contributed by atoms with Gasteiger partial charge in [-0.3, -0.25) is 9.59 Å². The Balaban J connectivity index is 1.55. The summed E-state index contributed by atoms with van der Waals surface area (Å²) in [6.45, 7) is 6.80. The predicted octanol–water partition coefficient (Wildman–Crippen LogP) is 5.42. The molecule has 4 rings (SSSR count). The number of nitrogens with zero attached hydrogens (tertiary/aromatic N) is 3. The first-order valence-corrected chi connectivity index (χ1v) is 12.1. The zero-order valence-electron chi connectivity index (χ0n) is 20.0. The monoisotopic (exact) mass is 497 g/mol. The molecule has 35 heavy (non-hydrogen) atoms. The summed E-state index contributed by atoms with van der Waals surface area (Å²) >= 11 is 6.07. The Kier molecular flexibility index (Phi) is 7.40. The standard InChI is InChI=1S/C26H29ClFN5O2/c1-16(2)24(34)30-23-17(3)31-33(20-7-5-4-6-8-20)26(23)32-13-11-18(12-14-32)25(35)29-22-10-9-19(28)15-21(22)27/h4-10,15-16,18H,11-14H2,1-3H3,(H,29,35)(H,30,34). The van der Waals surface area contributed by atoms with E-state index in [1.165, 1.54) is 18.2 Å². The van der Waals surface area contributed by atoms with Gasteiger partial charge in [0.1, 0.15) is 11.5 Å². The maximum absolute atomic E-state index is 13.3. The van der Waals surface area contributed by atoms with Crippen molar-refractivity contribution in [3.05, 3.63) is 65.1 Å². The molecule has 0 unspecified atom stereocenters. The molecule has 0 radical (unpaired) electrons. The molecule has 0 aliphatic carbocycles. The van der Waals surface area contributed by atoms with E-state index in [4.69, 9.17) is 16.7 Å². The molecule has 0 spiro atoms. The fourth-order valence-electron chi connectivity index (χ4n) is 4.15. The maximum Gasteiger partial charge on any atom is 0.227 e. The lowest BCUT2D eigenvalue weighted by Crippen LogP contribution is -2.39. The van der Waals surface area contributed by atoms with E-state index in [1.54, 1.807) is 0 Å². The van der Waals surface area contributed by atoms with Crippen LogP contribution in [0.2, 0.25) is 5.02 Å². The first-order valence-electron chi connectivity index (χ1n) is 11.7. The molecule has 2 N–H and O–H groups in total. The summed E-state index contributed by atoms with van der Waals surface area (Å²) in [5, 5.41) is 10.8. The second-order valence-electron chi connectivity index (χ2n) is 9.05. The molecule has 9 heteroatoms. The van der Waals surface area contributed by atoms with Crippen LogP contribution < -0.4 is 15.5 Å². The minimum atomic E-state index is -0.452. The number of nitrogens with one attached hydrogen (secondary N) is 2. The molecule has 0 atom stereocenters. The number of halogens is 2. The van der Waals surface area contributed by atoms with Gasteiger partial charge in [-0.15, -0.1) is 0 Å². The van der Waals surface area contributed by atoms with Gasteiger partial charge >= 0.3 is 0 Å². The lowest BCUT2D eigenvalue weighted by molar-refractivity contribution is -0.120. The van der Waals surface area contributed by atoms with E-state index in [9.17, 15) is 14.0 Å². The third-order valence-corrected chi connectivity index (χ3v) is 6.48. The summed E-state index contributed by atoms with van der Waals surface area (Å²) in [5.74, 6) is -0.243. The Morgan fingerprint density at radius 2 is 1.77 bits per heavy atom. The van der Waals surface area contributed by atoms with E-state index in [0.29, 0.717) is 37.3 Å². The van der Waals surface area contributed by atoms with Crippen LogP contribution in [0.1, 0.15) is 32.4 Å². The number of piperidine rings is 1. The molecular weight excluding hydrogens is 469 g/mol. The Morgan fingerprint density at radius 3 is 2.40 bits per heavy atom. The number of carbonyl (C=O) groups is 2. The van der Waals surface area contributed by atoms with Crippen LogP contribution in [0.25, 0.3) is 5.69 Å². The van der Waals surface area contributed by atoms with Gasteiger partial charge in [-0.1, -0.05) is 43.6 Å². The van der Waals surface area contributed by atoms with Crippen molar-refractivity contribution in [1.29, 1.82) is 0 Å². The molecule has 0 saturated carbocycles. The molecule has 1 aromatic heterocycles. The SMILES string of the molecule is Cc1nn(-c2ccccc2)c(N2CCC(C(=O)Nc3ccc(F)cc3Cl)CC2)c1NC(=O)C(C)C. The van der Waals surface area contributed by atoms with Gasteiger partial charge in [-0.05, 0) is 50.1 Å². The number of aromatic nitrogens is 2. The summed E-state index contributed by atoms with van der Waals surface area (Å²) in [6.07, 6.45) is 1.22. The minimum absolute atomic E-state index is 0.0765. The molecule has 1 fully saturated rings. The summed E-state index contributed by atoms with van der Waals surface area (Å²) in [4.78, 5) is 27.6. The molecule has 2 amide bonds. The third kappa shape index (κ3) is 5.48. The number of hydrogen-bond acceptors (Lipinski definition) is 4. The van der Waals surface area contributed by atoms with Crippen molar-refractivity contribution in [2.24, 2.45) is 11.8 Å². The van der Waals surface area contributed by atoms with E-state index >= 15 is 0 Å². The average molecular weight is 498 g/mol. The Morgan fingerprint density at radius 1 is 1.09 bits per heavy atom. The highest BCUT2D eigenvalue weighted by Crippen LogP contribution is 2.35. The van der Waals surface area contributed by atoms with E-state index in [1.807, 2.05) is 55.8 Å². The molecule has 184 valence electrons. The van der Waals surface area contributed by atoms with Crippen LogP contribution in [-0.4, -0.2) is 34.7 Å².